The molecule has 4 rings (SSSR count). The van der Waals surface area contributed by atoms with Gasteiger partial charge in [-0.3, -0.25) is 9.36 Å². The average molecular weight is 413 g/mol. The van der Waals surface area contributed by atoms with Crippen molar-refractivity contribution in [2.24, 2.45) is 0 Å². The van der Waals surface area contributed by atoms with Crippen LogP contribution in [0.5, 0.6) is 0 Å². The summed E-state index contributed by atoms with van der Waals surface area (Å²) in [6.45, 7) is 10.8. The van der Waals surface area contributed by atoms with Gasteiger partial charge in [0, 0.05) is 17.1 Å². The molecule has 0 unspecified atom stereocenters. The third-order valence-electron chi connectivity index (χ3n) is 5.19. The lowest BCUT2D eigenvalue weighted by Gasteiger charge is -2.32. The summed E-state index contributed by atoms with van der Waals surface area (Å²) < 4.78 is 7.84. The van der Waals surface area contributed by atoms with Crippen LogP contribution in [-0.4, -0.2) is 20.9 Å². The standard InChI is InChI=1S/C22H24N2O2S2/c1-5-22(4)11-16-17(12-26-22)28-19-18(16)20(25)24(15-9-7-6-8-10-15)21(23-19)27-13-14(2)3/h6-10H,2,5,11-13H2,1,3-4H3/t22-/m1/s1. The largest absolute Gasteiger partial charge is 0.369 e. The summed E-state index contributed by atoms with van der Waals surface area (Å²) >= 11 is 3.15. The SMILES string of the molecule is C=C(C)CSc1nc2sc3c(c2c(=O)n1-c1ccccc1)C[C@@](C)(CC)OC3. The van der Waals surface area contributed by atoms with Gasteiger partial charge < -0.3 is 4.74 Å². The zero-order valence-electron chi connectivity index (χ0n) is 16.4. The Kier molecular flexibility index (Phi) is 5.21. The lowest BCUT2D eigenvalue weighted by Crippen LogP contribution is -2.34. The second-order valence-corrected chi connectivity index (χ2v) is 9.60. The first-order chi connectivity index (χ1) is 13.4. The Morgan fingerprint density at radius 2 is 2.14 bits per heavy atom. The van der Waals surface area contributed by atoms with Crippen LogP contribution >= 0.6 is 23.1 Å². The van der Waals surface area contributed by atoms with Gasteiger partial charge in [0.25, 0.3) is 5.56 Å². The predicted octanol–water partition coefficient (Wildman–Crippen LogP) is 5.36. The molecule has 1 aliphatic heterocycles. The molecule has 0 N–H and O–H groups in total. The van der Waals surface area contributed by atoms with Crippen LogP contribution in [0.2, 0.25) is 0 Å². The number of benzene rings is 1. The van der Waals surface area contributed by atoms with Crippen molar-refractivity contribution >= 4 is 33.3 Å². The van der Waals surface area contributed by atoms with Crippen molar-refractivity contribution in [3.8, 4) is 5.69 Å². The van der Waals surface area contributed by atoms with Gasteiger partial charge in [-0.15, -0.1) is 11.3 Å². The lowest BCUT2D eigenvalue weighted by atomic mass is 9.90. The minimum atomic E-state index is -0.224. The van der Waals surface area contributed by atoms with Crippen molar-refractivity contribution in [1.29, 1.82) is 0 Å². The summed E-state index contributed by atoms with van der Waals surface area (Å²) in [7, 11) is 0. The number of fused-ring (bicyclic) bond motifs is 3. The fourth-order valence-corrected chi connectivity index (χ4v) is 5.42. The Balaban J connectivity index is 1.95. The molecule has 0 amide bonds. The summed E-state index contributed by atoms with van der Waals surface area (Å²) in [5, 5.41) is 1.47. The van der Waals surface area contributed by atoms with Gasteiger partial charge in [0.15, 0.2) is 5.16 Å². The fraction of sp³-hybridized carbons (Fsp3) is 0.364. The van der Waals surface area contributed by atoms with E-state index in [1.165, 1.54) is 0 Å². The van der Waals surface area contributed by atoms with Gasteiger partial charge in [0.05, 0.1) is 23.3 Å². The Morgan fingerprint density at radius 1 is 1.39 bits per heavy atom. The Bertz CT molecular complexity index is 1100. The molecule has 1 aromatic carbocycles. The fourth-order valence-electron chi connectivity index (χ4n) is 3.42. The minimum Gasteiger partial charge on any atom is -0.369 e. The number of thioether (sulfide) groups is 1. The zero-order valence-corrected chi connectivity index (χ0v) is 18.1. The first-order valence-corrected chi connectivity index (χ1v) is 11.3. The van der Waals surface area contributed by atoms with Crippen LogP contribution < -0.4 is 5.56 Å². The van der Waals surface area contributed by atoms with Crippen molar-refractivity contribution in [3.05, 3.63) is 63.3 Å². The first kappa shape index (κ1) is 19.4. The van der Waals surface area contributed by atoms with E-state index in [0.29, 0.717) is 11.8 Å². The number of hydrogen-bond donors (Lipinski definition) is 0. The van der Waals surface area contributed by atoms with E-state index < -0.39 is 0 Å². The summed E-state index contributed by atoms with van der Waals surface area (Å²) in [5.41, 5.74) is 2.80. The summed E-state index contributed by atoms with van der Waals surface area (Å²) in [5.74, 6) is 0.729. The lowest BCUT2D eigenvalue weighted by molar-refractivity contribution is -0.0543. The molecule has 0 spiro atoms. The average Bonchev–Trinajstić information content (AvgIpc) is 3.04. The highest BCUT2D eigenvalue weighted by Crippen LogP contribution is 2.39. The van der Waals surface area contributed by atoms with Gasteiger partial charge in [-0.2, -0.15) is 0 Å². The number of hydrogen-bond acceptors (Lipinski definition) is 5. The smallest absolute Gasteiger partial charge is 0.267 e. The van der Waals surface area contributed by atoms with Crippen molar-refractivity contribution in [1.82, 2.24) is 9.55 Å². The maximum atomic E-state index is 13.7. The van der Waals surface area contributed by atoms with Gasteiger partial charge in [0.1, 0.15) is 4.83 Å². The van der Waals surface area contributed by atoms with E-state index >= 15 is 0 Å². The normalized spacial score (nSPS) is 19.0. The molecule has 0 saturated carbocycles. The molecule has 3 heterocycles. The van der Waals surface area contributed by atoms with Gasteiger partial charge in [0.2, 0.25) is 0 Å². The van der Waals surface area contributed by atoms with Crippen LogP contribution in [0.4, 0.5) is 0 Å². The molecule has 2 aromatic heterocycles. The van der Waals surface area contributed by atoms with E-state index in [2.05, 4.69) is 20.4 Å². The summed E-state index contributed by atoms with van der Waals surface area (Å²) in [4.78, 5) is 20.5. The van der Waals surface area contributed by atoms with Crippen molar-refractivity contribution in [3.63, 3.8) is 0 Å². The number of aromatic nitrogens is 2. The number of ether oxygens (including phenoxy) is 1. The van der Waals surface area contributed by atoms with E-state index in [-0.39, 0.29) is 11.2 Å². The van der Waals surface area contributed by atoms with Gasteiger partial charge >= 0.3 is 0 Å². The molecule has 3 aromatic rings. The summed E-state index contributed by atoms with van der Waals surface area (Å²) in [6.07, 6.45) is 1.67. The minimum absolute atomic E-state index is 0.0123. The van der Waals surface area contributed by atoms with E-state index in [4.69, 9.17) is 9.72 Å². The molecule has 4 nitrogen and oxygen atoms in total. The predicted molar refractivity (Wildman–Crippen MR) is 118 cm³/mol. The van der Waals surface area contributed by atoms with Crippen LogP contribution in [0.15, 0.2) is 52.4 Å². The van der Waals surface area contributed by atoms with E-state index in [1.807, 2.05) is 37.3 Å². The second-order valence-electron chi connectivity index (χ2n) is 7.57. The Labute approximate surface area is 173 Å². The number of thiophene rings is 1. The van der Waals surface area contributed by atoms with Crippen molar-refractivity contribution in [2.75, 3.05) is 5.75 Å². The second kappa shape index (κ2) is 7.50. The number of rotatable bonds is 5. The first-order valence-electron chi connectivity index (χ1n) is 9.46. The summed E-state index contributed by atoms with van der Waals surface area (Å²) in [6, 6.07) is 9.77. The molecule has 146 valence electrons. The Morgan fingerprint density at radius 3 is 2.82 bits per heavy atom. The third-order valence-corrected chi connectivity index (χ3v) is 7.46. The molecule has 0 saturated heterocycles. The van der Waals surface area contributed by atoms with E-state index in [0.717, 1.165) is 50.5 Å². The monoisotopic (exact) mass is 412 g/mol. The third kappa shape index (κ3) is 3.45. The molecular formula is C22H24N2O2S2. The molecule has 6 heteroatoms. The van der Waals surface area contributed by atoms with Crippen molar-refractivity contribution in [2.45, 2.75) is 51.0 Å². The van der Waals surface area contributed by atoms with Gasteiger partial charge in [-0.1, -0.05) is 49.0 Å². The van der Waals surface area contributed by atoms with Crippen LogP contribution in [0.1, 0.15) is 37.6 Å². The zero-order chi connectivity index (χ0) is 19.9. The Hall–Kier alpha value is -1.89. The van der Waals surface area contributed by atoms with Gasteiger partial charge in [-0.25, -0.2) is 4.98 Å². The quantitative estimate of drug-likeness (QED) is 0.322. The van der Waals surface area contributed by atoms with Crippen LogP contribution in [0.25, 0.3) is 15.9 Å². The van der Waals surface area contributed by atoms with Crippen molar-refractivity contribution < 1.29 is 4.74 Å². The topological polar surface area (TPSA) is 44.1 Å². The molecule has 0 aliphatic carbocycles. The maximum Gasteiger partial charge on any atom is 0.267 e. The highest BCUT2D eigenvalue weighted by molar-refractivity contribution is 7.99. The van der Waals surface area contributed by atoms with Crippen LogP contribution in [0, 0.1) is 0 Å². The number of para-hydroxylation sites is 1. The molecule has 1 aliphatic rings. The molecule has 0 bridgehead atoms. The number of nitrogens with zero attached hydrogens (tertiary/aromatic N) is 2. The molecular weight excluding hydrogens is 388 g/mol. The van der Waals surface area contributed by atoms with Crippen LogP contribution in [-0.2, 0) is 17.8 Å². The molecule has 0 radical (unpaired) electrons. The molecule has 1 atom stereocenters. The highest BCUT2D eigenvalue weighted by atomic mass is 32.2. The highest BCUT2D eigenvalue weighted by Gasteiger charge is 2.33. The van der Waals surface area contributed by atoms with Gasteiger partial charge in [-0.05, 0) is 38.0 Å². The molecule has 0 fully saturated rings. The maximum absolute atomic E-state index is 13.7. The van der Waals surface area contributed by atoms with Crippen LogP contribution in [0.3, 0.4) is 0 Å². The van der Waals surface area contributed by atoms with E-state index in [1.54, 1.807) is 27.7 Å². The molecule has 28 heavy (non-hydrogen) atoms. The van der Waals surface area contributed by atoms with E-state index in [9.17, 15) is 4.79 Å².